The van der Waals surface area contributed by atoms with E-state index in [4.69, 9.17) is 5.10 Å². The molecule has 5 nitrogen and oxygen atoms in total. The number of hydrogen-bond donors (Lipinski definition) is 1. The van der Waals surface area contributed by atoms with Crippen LogP contribution in [-0.2, 0) is 11.2 Å². The van der Waals surface area contributed by atoms with Crippen LogP contribution in [0.5, 0.6) is 0 Å². The molecular formula is C23H22N4O. The van der Waals surface area contributed by atoms with Gasteiger partial charge in [-0.05, 0) is 36.6 Å². The van der Waals surface area contributed by atoms with Crippen molar-refractivity contribution >= 4 is 12.0 Å². The Bertz CT molecular complexity index is 1070. The molecule has 0 aliphatic heterocycles. The molecule has 0 unspecified atom stereocenters. The smallest absolute Gasteiger partial charge is 0.261 e. The first-order valence-corrected chi connectivity index (χ1v) is 9.16. The molecule has 2 aromatic carbocycles. The molecule has 140 valence electrons. The minimum atomic E-state index is -0.418. The monoisotopic (exact) mass is 370 g/mol. The summed E-state index contributed by atoms with van der Waals surface area (Å²) in [5.74, 6) is -0.418. The normalized spacial score (nSPS) is 11.1. The number of likely N-dealkylation sites (N-methyl/N-ethyl adjacent to an activating group) is 1. The van der Waals surface area contributed by atoms with Crippen LogP contribution < -0.4 is 5.32 Å². The predicted octanol–water partition coefficient (Wildman–Crippen LogP) is 4.06. The number of carbonyl (C=O) groups is 1. The number of para-hydroxylation sites is 1. The third-order valence-corrected chi connectivity index (χ3v) is 4.63. The fourth-order valence-corrected chi connectivity index (χ4v) is 3.00. The second kappa shape index (κ2) is 8.36. The van der Waals surface area contributed by atoms with Crippen LogP contribution in [-0.4, -0.2) is 22.7 Å². The molecule has 0 spiro atoms. The highest BCUT2D eigenvalue weighted by atomic mass is 16.1. The van der Waals surface area contributed by atoms with Gasteiger partial charge in [0.25, 0.3) is 5.91 Å². The van der Waals surface area contributed by atoms with Gasteiger partial charge < -0.3 is 5.32 Å². The average Bonchev–Trinajstić information content (AvgIpc) is 3.15. The largest absolute Gasteiger partial charge is 0.354 e. The van der Waals surface area contributed by atoms with Crippen LogP contribution in [0.15, 0.2) is 60.3 Å². The predicted molar refractivity (Wildman–Crippen MR) is 111 cm³/mol. The molecule has 0 radical (unpaired) electrons. The van der Waals surface area contributed by atoms with Crippen LogP contribution in [0.4, 0.5) is 0 Å². The van der Waals surface area contributed by atoms with E-state index < -0.39 is 5.91 Å². The van der Waals surface area contributed by atoms with E-state index in [0.29, 0.717) is 5.56 Å². The van der Waals surface area contributed by atoms with Gasteiger partial charge in [-0.2, -0.15) is 10.4 Å². The molecule has 3 aromatic rings. The summed E-state index contributed by atoms with van der Waals surface area (Å²) in [7, 11) is 1.51. The first-order valence-electron chi connectivity index (χ1n) is 9.16. The van der Waals surface area contributed by atoms with Crippen LogP contribution in [0.3, 0.4) is 0 Å². The van der Waals surface area contributed by atoms with Gasteiger partial charge in [0.05, 0.1) is 11.4 Å². The molecule has 28 heavy (non-hydrogen) atoms. The van der Waals surface area contributed by atoms with Gasteiger partial charge in [-0.1, -0.05) is 49.4 Å². The molecule has 1 amide bonds. The van der Waals surface area contributed by atoms with E-state index in [9.17, 15) is 10.1 Å². The zero-order valence-corrected chi connectivity index (χ0v) is 16.2. The maximum absolute atomic E-state index is 12.0. The Morgan fingerprint density at radius 2 is 1.93 bits per heavy atom. The summed E-state index contributed by atoms with van der Waals surface area (Å²) in [5, 5.41) is 16.7. The van der Waals surface area contributed by atoms with Gasteiger partial charge in [-0.3, -0.25) is 4.79 Å². The van der Waals surface area contributed by atoms with Gasteiger partial charge in [0, 0.05) is 24.4 Å². The highest BCUT2D eigenvalue weighted by Crippen LogP contribution is 2.27. The van der Waals surface area contributed by atoms with Crippen molar-refractivity contribution < 1.29 is 4.79 Å². The number of aromatic nitrogens is 2. The number of amides is 1. The molecule has 0 fully saturated rings. The first kappa shape index (κ1) is 19.1. The number of aryl methyl sites for hydroxylation is 2. The van der Waals surface area contributed by atoms with Crippen molar-refractivity contribution in [2.45, 2.75) is 20.3 Å². The summed E-state index contributed by atoms with van der Waals surface area (Å²) < 4.78 is 1.79. The Morgan fingerprint density at radius 3 is 2.54 bits per heavy atom. The lowest BCUT2D eigenvalue weighted by Gasteiger charge is -2.05. The number of nitriles is 1. The van der Waals surface area contributed by atoms with Crippen molar-refractivity contribution in [3.8, 4) is 23.0 Å². The minimum absolute atomic E-state index is 0.0401. The van der Waals surface area contributed by atoms with E-state index in [-0.39, 0.29) is 5.57 Å². The average molecular weight is 370 g/mol. The van der Waals surface area contributed by atoms with Crippen LogP contribution in [0.25, 0.3) is 23.0 Å². The van der Waals surface area contributed by atoms with Gasteiger partial charge in [-0.15, -0.1) is 0 Å². The second-order valence-corrected chi connectivity index (χ2v) is 6.46. The molecule has 5 heteroatoms. The van der Waals surface area contributed by atoms with Gasteiger partial charge in [0.2, 0.25) is 0 Å². The van der Waals surface area contributed by atoms with E-state index in [0.717, 1.165) is 28.9 Å². The van der Waals surface area contributed by atoms with E-state index in [1.165, 1.54) is 12.6 Å². The molecule has 0 aliphatic rings. The van der Waals surface area contributed by atoms with Crippen molar-refractivity contribution in [3.63, 3.8) is 0 Å². The molecule has 3 rings (SSSR count). The Hall–Kier alpha value is -3.65. The minimum Gasteiger partial charge on any atom is -0.354 e. The fourth-order valence-electron chi connectivity index (χ4n) is 3.00. The zero-order chi connectivity index (χ0) is 20.1. The highest BCUT2D eigenvalue weighted by molar-refractivity contribution is 6.02. The Labute approximate surface area is 164 Å². The fraction of sp³-hybridized carbons (Fsp3) is 0.174. The van der Waals surface area contributed by atoms with Gasteiger partial charge >= 0.3 is 0 Å². The van der Waals surface area contributed by atoms with Crippen LogP contribution in [0.1, 0.15) is 23.6 Å². The summed E-state index contributed by atoms with van der Waals surface area (Å²) in [6.07, 6.45) is 4.40. The number of nitrogens with one attached hydrogen (secondary N) is 1. The summed E-state index contributed by atoms with van der Waals surface area (Å²) in [6.45, 7) is 4.13. The topological polar surface area (TPSA) is 70.7 Å². The number of benzene rings is 2. The molecular weight excluding hydrogens is 348 g/mol. The van der Waals surface area contributed by atoms with E-state index >= 15 is 0 Å². The van der Waals surface area contributed by atoms with E-state index in [2.05, 4.69) is 24.4 Å². The Kier molecular flexibility index (Phi) is 5.71. The maximum Gasteiger partial charge on any atom is 0.261 e. The lowest BCUT2D eigenvalue weighted by Crippen LogP contribution is -2.19. The van der Waals surface area contributed by atoms with Crippen molar-refractivity contribution in [3.05, 3.63) is 77.0 Å². The standard InChI is InChI=1S/C23H22N4O/c1-4-17-9-11-18(12-10-17)22-20(13-19(14-24)23(28)25-3)15-27(26-22)21-8-6-5-7-16(21)2/h5-13,15H,4H2,1-3H3,(H,25,28)/b19-13+. The van der Waals surface area contributed by atoms with Crippen LogP contribution >= 0.6 is 0 Å². The SMILES string of the molecule is CCc1ccc(-c2nn(-c3ccccc3C)cc2/C=C(\C#N)C(=O)NC)cc1. The number of carbonyl (C=O) groups excluding carboxylic acids is 1. The Balaban J connectivity index is 2.18. The van der Waals surface area contributed by atoms with Crippen LogP contribution in [0.2, 0.25) is 0 Å². The molecule has 0 atom stereocenters. The number of hydrogen-bond acceptors (Lipinski definition) is 3. The summed E-state index contributed by atoms with van der Waals surface area (Å²) in [6, 6.07) is 18.1. The number of nitrogens with zero attached hydrogens (tertiary/aromatic N) is 3. The van der Waals surface area contributed by atoms with E-state index in [1.54, 1.807) is 10.8 Å². The van der Waals surface area contributed by atoms with E-state index in [1.807, 2.05) is 55.6 Å². The van der Waals surface area contributed by atoms with Gasteiger partial charge in [-0.25, -0.2) is 4.68 Å². The first-order chi connectivity index (χ1) is 13.6. The van der Waals surface area contributed by atoms with Crippen molar-refractivity contribution in [1.82, 2.24) is 15.1 Å². The summed E-state index contributed by atoms with van der Waals surface area (Å²) >= 11 is 0. The maximum atomic E-state index is 12.0. The van der Waals surface area contributed by atoms with Crippen molar-refractivity contribution in [2.24, 2.45) is 0 Å². The van der Waals surface area contributed by atoms with Crippen molar-refractivity contribution in [2.75, 3.05) is 7.05 Å². The second-order valence-electron chi connectivity index (χ2n) is 6.46. The van der Waals surface area contributed by atoms with Crippen LogP contribution in [0, 0.1) is 18.3 Å². The summed E-state index contributed by atoms with van der Waals surface area (Å²) in [5.41, 5.74) is 5.69. The molecule has 1 heterocycles. The third-order valence-electron chi connectivity index (χ3n) is 4.63. The van der Waals surface area contributed by atoms with Crippen molar-refractivity contribution in [1.29, 1.82) is 5.26 Å². The molecule has 0 bridgehead atoms. The lowest BCUT2D eigenvalue weighted by atomic mass is 10.0. The number of rotatable bonds is 5. The molecule has 1 N–H and O–H groups in total. The van der Waals surface area contributed by atoms with Gasteiger partial charge in [0.1, 0.15) is 11.6 Å². The molecule has 0 aliphatic carbocycles. The molecule has 0 saturated carbocycles. The van der Waals surface area contributed by atoms with Gasteiger partial charge in [0.15, 0.2) is 0 Å². The molecule has 1 aromatic heterocycles. The highest BCUT2D eigenvalue weighted by Gasteiger charge is 2.15. The lowest BCUT2D eigenvalue weighted by molar-refractivity contribution is -0.116. The summed E-state index contributed by atoms with van der Waals surface area (Å²) in [4.78, 5) is 12.0. The third kappa shape index (κ3) is 3.86. The zero-order valence-electron chi connectivity index (χ0n) is 16.2. The molecule has 0 saturated heterocycles. The quantitative estimate of drug-likeness (QED) is 0.544. The Morgan fingerprint density at radius 1 is 1.21 bits per heavy atom.